The fourth-order valence-corrected chi connectivity index (χ4v) is 2.44. The summed E-state index contributed by atoms with van der Waals surface area (Å²) in [5.41, 5.74) is -0.466. The summed E-state index contributed by atoms with van der Waals surface area (Å²) in [6.07, 6.45) is -9.81. The van der Waals surface area contributed by atoms with Crippen molar-refractivity contribution in [3.05, 3.63) is 29.6 Å². The molecule has 0 aromatic heterocycles. The van der Waals surface area contributed by atoms with Gasteiger partial charge in [0.05, 0.1) is 0 Å². The van der Waals surface area contributed by atoms with Crippen molar-refractivity contribution in [3.63, 3.8) is 0 Å². The zero-order valence-electron chi connectivity index (χ0n) is 12.5. The third-order valence-electron chi connectivity index (χ3n) is 3.32. The zero-order valence-corrected chi connectivity index (χ0v) is 14.1. The van der Waals surface area contributed by atoms with Gasteiger partial charge in [-0.25, -0.2) is 4.39 Å². The van der Waals surface area contributed by atoms with Gasteiger partial charge in [0.15, 0.2) is 11.6 Å². The lowest BCUT2D eigenvalue weighted by Crippen LogP contribution is -2.49. The predicted molar refractivity (Wildman–Crippen MR) is 80.8 cm³/mol. The van der Waals surface area contributed by atoms with Crippen molar-refractivity contribution in [2.24, 2.45) is 0 Å². The van der Waals surface area contributed by atoms with Gasteiger partial charge in [0.25, 0.3) is 0 Å². The van der Waals surface area contributed by atoms with Gasteiger partial charge in [-0.1, -0.05) is 6.07 Å². The number of hydrogen-bond acceptors (Lipinski definition) is 3. The highest BCUT2D eigenvalue weighted by molar-refractivity contribution is 5.85. The Morgan fingerprint density at radius 2 is 1.56 bits per heavy atom. The molecule has 1 aromatic rings. The molecule has 12 heteroatoms. The predicted octanol–water partition coefficient (Wildman–Crippen LogP) is 4.08. The number of piperazine rings is 1. The average molecular weight is 419 g/mol. The SMILES string of the molecule is Cl.Cl.Fc1cc([C@@H](N2CCNCC2)C(F)(F)F)ccc1OC(F)(F)F. The van der Waals surface area contributed by atoms with Crippen molar-refractivity contribution in [2.45, 2.75) is 18.6 Å². The van der Waals surface area contributed by atoms with Crippen LogP contribution in [0.1, 0.15) is 11.6 Å². The molecule has 1 N–H and O–H groups in total. The molecule has 0 radical (unpaired) electrons. The molecule has 1 heterocycles. The summed E-state index contributed by atoms with van der Waals surface area (Å²) in [7, 11) is 0. The van der Waals surface area contributed by atoms with Crippen molar-refractivity contribution in [2.75, 3.05) is 26.2 Å². The number of benzene rings is 1. The smallest absolute Gasteiger partial charge is 0.403 e. The van der Waals surface area contributed by atoms with Gasteiger partial charge < -0.3 is 10.1 Å². The van der Waals surface area contributed by atoms with Gasteiger partial charge in [0.2, 0.25) is 0 Å². The second-order valence-corrected chi connectivity index (χ2v) is 4.97. The topological polar surface area (TPSA) is 24.5 Å². The van der Waals surface area contributed by atoms with E-state index >= 15 is 0 Å². The van der Waals surface area contributed by atoms with Crippen LogP contribution in [-0.2, 0) is 0 Å². The molecule has 1 atom stereocenters. The first-order chi connectivity index (χ1) is 10.6. The van der Waals surface area contributed by atoms with Gasteiger partial charge in [-0.3, -0.25) is 4.90 Å². The summed E-state index contributed by atoms with van der Waals surface area (Å²) in [6, 6.07) is -0.302. The van der Waals surface area contributed by atoms with E-state index in [-0.39, 0.29) is 37.9 Å². The van der Waals surface area contributed by atoms with E-state index in [1.54, 1.807) is 0 Å². The van der Waals surface area contributed by atoms with Crippen molar-refractivity contribution >= 4 is 24.8 Å². The summed E-state index contributed by atoms with van der Waals surface area (Å²) in [5, 5.41) is 2.89. The van der Waals surface area contributed by atoms with Gasteiger partial charge in [0.1, 0.15) is 6.04 Å². The van der Waals surface area contributed by atoms with E-state index in [4.69, 9.17) is 0 Å². The quantitative estimate of drug-likeness (QED) is 0.748. The Balaban J connectivity index is 0.00000288. The van der Waals surface area contributed by atoms with Gasteiger partial charge in [-0.15, -0.1) is 38.0 Å². The molecule has 1 aliphatic rings. The monoisotopic (exact) mass is 418 g/mol. The van der Waals surface area contributed by atoms with Crippen LogP contribution in [0.25, 0.3) is 0 Å². The molecule has 0 saturated carbocycles. The van der Waals surface area contributed by atoms with Crippen molar-refractivity contribution in [1.29, 1.82) is 0 Å². The Labute approximate surface area is 151 Å². The number of nitrogens with zero attached hydrogens (tertiary/aromatic N) is 1. The molecule has 1 fully saturated rings. The molecule has 0 amide bonds. The molecule has 25 heavy (non-hydrogen) atoms. The molecular weight excluding hydrogens is 404 g/mol. The van der Waals surface area contributed by atoms with Crippen LogP contribution in [0.5, 0.6) is 5.75 Å². The van der Waals surface area contributed by atoms with E-state index in [2.05, 4.69) is 10.1 Å². The molecular formula is C13H15Cl2F7N2O. The Morgan fingerprint density at radius 3 is 2.00 bits per heavy atom. The second kappa shape index (κ2) is 9.11. The number of alkyl halides is 6. The highest BCUT2D eigenvalue weighted by atomic mass is 35.5. The molecule has 0 aliphatic carbocycles. The molecule has 2 rings (SSSR count). The van der Waals surface area contributed by atoms with Crippen molar-refractivity contribution in [1.82, 2.24) is 10.2 Å². The minimum atomic E-state index is -5.12. The molecule has 1 aliphatic heterocycles. The number of nitrogens with one attached hydrogen (secondary N) is 1. The molecule has 0 unspecified atom stereocenters. The molecule has 3 nitrogen and oxygen atoms in total. The maximum absolute atomic E-state index is 13.7. The van der Waals surface area contributed by atoms with Crippen LogP contribution in [0.3, 0.4) is 0 Å². The molecule has 1 saturated heterocycles. The lowest BCUT2D eigenvalue weighted by Gasteiger charge is -2.36. The highest BCUT2D eigenvalue weighted by Crippen LogP contribution is 2.39. The van der Waals surface area contributed by atoms with E-state index in [1.165, 1.54) is 0 Å². The number of rotatable bonds is 3. The Kier molecular flexibility index (Phi) is 8.76. The van der Waals surface area contributed by atoms with E-state index in [0.717, 1.165) is 11.0 Å². The first kappa shape index (κ1) is 24.0. The minimum absolute atomic E-state index is 0. The van der Waals surface area contributed by atoms with Crippen molar-refractivity contribution in [3.8, 4) is 5.75 Å². The van der Waals surface area contributed by atoms with Crippen LogP contribution < -0.4 is 10.1 Å². The zero-order chi connectivity index (χ0) is 17.3. The van der Waals surface area contributed by atoms with Crippen LogP contribution in [0.4, 0.5) is 30.7 Å². The van der Waals surface area contributed by atoms with Gasteiger partial charge in [0, 0.05) is 26.2 Å². The van der Waals surface area contributed by atoms with Crippen LogP contribution in [0.2, 0.25) is 0 Å². The largest absolute Gasteiger partial charge is 0.573 e. The second-order valence-electron chi connectivity index (χ2n) is 4.97. The normalized spacial score (nSPS) is 17.2. The van der Waals surface area contributed by atoms with Crippen LogP contribution in [0, 0.1) is 5.82 Å². The van der Waals surface area contributed by atoms with E-state index in [9.17, 15) is 30.7 Å². The fraction of sp³-hybridized carbons (Fsp3) is 0.538. The van der Waals surface area contributed by atoms with Crippen LogP contribution in [-0.4, -0.2) is 43.6 Å². The minimum Gasteiger partial charge on any atom is -0.403 e. The van der Waals surface area contributed by atoms with Crippen LogP contribution in [0.15, 0.2) is 18.2 Å². The van der Waals surface area contributed by atoms with Gasteiger partial charge >= 0.3 is 12.5 Å². The third-order valence-corrected chi connectivity index (χ3v) is 3.32. The van der Waals surface area contributed by atoms with Crippen molar-refractivity contribution < 1.29 is 35.5 Å². The molecule has 1 aromatic carbocycles. The molecule has 146 valence electrons. The van der Waals surface area contributed by atoms with E-state index < -0.39 is 35.7 Å². The number of ether oxygens (including phenoxy) is 1. The molecule has 0 bridgehead atoms. The summed E-state index contributed by atoms with van der Waals surface area (Å²) in [4.78, 5) is 1.11. The van der Waals surface area contributed by atoms with Crippen LogP contribution >= 0.6 is 24.8 Å². The summed E-state index contributed by atoms with van der Waals surface area (Å²) < 4.78 is 93.2. The number of halogens is 9. The highest BCUT2D eigenvalue weighted by Gasteiger charge is 2.45. The number of hydrogen-bond donors (Lipinski definition) is 1. The Hall–Kier alpha value is -0.970. The molecule has 0 spiro atoms. The van der Waals surface area contributed by atoms with E-state index in [1.807, 2.05) is 0 Å². The maximum atomic E-state index is 13.7. The fourth-order valence-electron chi connectivity index (χ4n) is 2.44. The maximum Gasteiger partial charge on any atom is 0.573 e. The first-order valence-corrected chi connectivity index (χ1v) is 6.64. The Morgan fingerprint density at radius 1 is 1.00 bits per heavy atom. The van der Waals surface area contributed by atoms with Gasteiger partial charge in [-0.2, -0.15) is 13.2 Å². The lowest BCUT2D eigenvalue weighted by atomic mass is 10.0. The summed E-state index contributed by atoms with van der Waals surface area (Å²) in [6.45, 7) is 0.855. The van der Waals surface area contributed by atoms with Gasteiger partial charge in [-0.05, 0) is 17.7 Å². The summed E-state index contributed by atoms with van der Waals surface area (Å²) in [5.74, 6) is -2.66. The third kappa shape index (κ3) is 6.69. The summed E-state index contributed by atoms with van der Waals surface area (Å²) >= 11 is 0. The Bertz CT molecular complexity index is 548. The average Bonchev–Trinajstić information content (AvgIpc) is 2.40. The first-order valence-electron chi connectivity index (χ1n) is 6.64. The van der Waals surface area contributed by atoms with E-state index in [0.29, 0.717) is 25.2 Å². The lowest BCUT2D eigenvalue weighted by molar-refractivity contribution is -0.275. The standard InChI is InChI=1S/C13H13F7N2O.2ClH/c14-9-7-8(1-2-10(9)23-13(18,19)20)11(12(15,16)17)22-5-3-21-4-6-22;;/h1-2,7,11,21H,3-6H2;2*1H/t11-;;/m1../s1.